The molecule has 2 rings (SSSR count). The molecule has 10 N–H and O–H groups in total. The minimum absolute atomic E-state index is 0.0481. The van der Waals surface area contributed by atoms with Gasteiger partial charge in [0.25, 0.3) is 0 Å². The van der Waals surface area contributed by atoms with E-state index in [4.69, 9.17) is 17.2 Å². The van der Waals surface area contributed by atoms with Crippen LogP contribution >= 0.6 is 12.6 Å². The Morgan fingerprint density at radius 1 is 1.14 bits per heavy atom. The summed E-state index contributed by atoms with van der Waals surface area (Å²) in [6.45, 7) is 0.565. The number of benzene rings is 1. The number of aliphatic carboxylic acids is 1. The standard InChI is InChI=1S/C23H35N7O6S/c24-15(3-1-9-27-23(25)26)19(32)28-16(11-13-5-7-14(31)8-6-13)21(34)30-10-2-4-18(30)20(33)29-17(12-37)22(35)36/h5-8,15-18,31,37H,1-4,9-12,24H2,(H,28,32)(H,29,33)(H,35,36)(H4,25,26,27). The summed E-state index contributed by atoms with van der Waals surface area (Å²) < 4.78 is 0. The lowest BCUT2D eigenvalue weighted by molar-refractivity contribution is -0.144. The maximum Gasteiger partial charge on any atom is 0.327 e. The zero-order valence-corrected chi connectivity index (χ0v) is 21.3. The van der Waals surface area contributed by atoms with E-state index in [0.717, 1.165) is 0 Å². The number of aliphatic imine (C=N–C) groups is 1. The van der Waals surface area contributed by atoms with E-state index < -0.39 is 47.9 Å². The van der Waals surface area contributed by atoms with Crippen LogP contribution in [0.15, 0.2) is 29.3 Å². The van der Waals surface area contributed by atoms with Gasteiger partial charge in [-0.3, -0.25) is 19.4 Å². The molecule has 4 unspecified atom stereocenters. The fraction of sp³-hybridized carbons (Fsp3) is 0.522. The molecule has 13 nitrogen and oxygen atoms in total. The summed E-state index contributed by atoms with van der Waals surface area (Å²) in [6.07, 6.45) is 1.70. The van der Waals surface area contributed by atoms with E-state index in [0.29, 0.717) is 31.4 Å². The van der Waals surface area contributed by atoms with Gasteiger partial charge in [0, 0.05) is 25.3 Å². The van der Waals surface area contributed by atoms with E-state index in [1.54, 1.807) is 12.1 Å². The lowest BCUT2D eigenvalue weighted by Crippen LogP contribution is -2.57. The van der Waals surface area contributed by atoms with E-state index >= 15 is 0 Å². The molecule has 0 aromatic heterocycles. The highest BCUT2D eigenvalue weighted by Gasteiger charge is 2.39. The van der Waals surface area contributed by atoms with Crippen molar-refractivity contribution in [1.29, 1.82) is 0 Å². The van der Waals surface area contributed by atoms with Gasteiger partial charge in [0.2, 0.25) is 17.7 Å². The molecule has 0 radical (unpaired) electrons. The molecule has 1 aliphatic heterocycles. The topological polar surface area (TPSA) is 226 Å². The van der Waals surface area contributed by atoms with Crippen molar-refractivity contribution in [3.8, 4) is 5.75 Å². The number of thiol groups is 1. The summed E-state index contributed by atoms with van der Waals surface area (Å²) in [4.78, 5) is 55.7. The number of likely N-dealkylation sites (tertiary alicyclic amines) is 1. The van der Waals surface area contributed by atoms with Crippen LogP contribution in [0.1, 0.15) is 31.2 Å². The van der Waals surface area contributed by atoms with Crippen molar-refractivity contribution in [2.24, 2.45) is 22.2 Å². The van der Waals surface area contributed by atoms with Crippen molar-refractivity contribution in [3.63, 3.8) is 0 Å². The van der Waals surface area contributed by atoms with Crippen LogP contribution in [0.25, 0.3) is 0 Å². The average Bonchev–Trinajstić information content (AvgIpc) is 3.35. The molecule has 14 heteroatoms. The normalized spacial score (nSPS) is 17.4. The Labute approximate surface area is 220 Å². The van der Waals surface area contributed by atoms with Crippen LogP contribution in [0, 0.1) is 0 Å². The Bertz CT molecular complexity index is 986. The minimum atomic E-state index is -1.23. The molecule has 0 aliphatic carbocycles. The second-order valence-corrected chi connectivity index (χ2v) is 9.12. The van der Waals surface area contributed by atoms with Crippen molar-refractivity contribution in [1.82, 2.24) is 15.5 Å². The second-order valence-electron chi connectivity index (χ2n) is 8.76. The molecule has 0 spiro atoms. The van der Waals surface area contributed by atoms with E-state index in [1.807, 2.05) is 0 Å². The van der Waals surface area contributed by atoms with Crippen molar-refractivity contribution in [2.75, 3.05) is 18.8 Å². The number of rotatable bonds is 13. The van der Waals surface area contributed by atoms with Gasteiger partial charge in [-0.1, -0.05) is 12.1 Å². The smallest absolute Gasteiger partial charge is 0.327 e. The molecule has 0 saturated carbocycles. The fourth-order valence-corrected chi connectivity index (χ4v) is 4.20. The second kappa shape index (κ2) is 14.3. The van der Waals surface area contributed by atoms with Gasteiger partial charge in [-0.15, -0.1) is 0 Å². The first kappa shape index (κ1) is 29.7. The van der Waals surface area contributed by atoms with Crippen LogP contribution in [-0.4, -0.2) is 87.8 Å². The number of amides is 3. The maximum atomic E-state index is 13.6. The third-order valence-corrected chi connectivity index (χ3v) is 6.30. The van der Waals surface area contributed by atoms with Crippen LogP contribution < -0.4 is 27.8 Å². The third kappa shape index (κ3) is 9.13. The molecule has 1 aliphatic rings. The highest BCUT2D eigenvalue weighted by atomic mass is 32.1. The number of phenolic OH excluding ortho intramolecular Hbond substituents is 1. The molecule has 3 amide bonds. The van der Waals surface area contributed by atoms with E-state index in [-0.39, 0.29) is 36.8 Å². The molecule has 204 valence electrons. The fourth-order valence-electron chi connectivity index (χ4n) is 3.95. The minimum Gasteiger partial charge on any atom is -0.508 e. The van der Waals surface area contributed by atoms with Gasteiger partial charge in [0.1, 0.15) is 23.9 Å². The van der Waals surface area contributed by atoms with Crippen LogP contribution in [0.5, 0.6) is 5.75 Å². The van der Waals surface area contributed by atoms with Crippen LogP contribution in [0.4, 0.5) is 0 Å². The van der Waals surface area contributed by atoms with Crippen LogP contribution in [0.2, 0.25) is 0 Å². The molecule has 37 heavy (non-hydrogen) atoms. The molecule has 1 saturated heterocycles. The number of carbonyl (C=O) groups excluding carboxylic acids is 3. The Balaban J connectivity index is 2.17. The molecule has 4 atom stereocenters. The van der Waals surface area contributed by atoms with Crippen molar-refractivity contribution >= 4 is 42.3 Å². The van der Waals surface area contributed by atoms with Crippen LogP contribution in [-0.2, 0) is 25.6 Å². The molecule has 0 bridgehead atoms. The Morgan fingerprint density at radius 3 is 2.41 bits per heavy atom. The van der Waals surface area contributed by atoms with Gasteiger partial charge in [-0.25, -0.2) is 4.79 Å². The largest absolute Gasteiger partial charge is 0.508 e. The number of carboxylic acids is 1. The lowest BCUT2D eigenvalue weighted by Gasteiger charge is -2.30. The first-order chi connectivity index (χ1) is 17.5. The third-order valence-electron chi connectivity index (χ3n) is 5.93. The zero-order valence-electron chi connectivity index (χ0n) is 20.4. The number of carboxylic acid groups (broad SMARTS) is 1. The van der Waals surface area contributed by atoms with Gasteiger partial charge < -0.3 is 42.9 Å². The quantitative estimate of drug-likeness (QED) is 0.0619. The van der Waals surface area contributed by atoms with Gasteiger partial charge in [0.05, 0.1) is 6.04 Å². The number of phenols is 1. The van der Waals surface area contributed by atoms with Crippen molar-refractivity contribution in [2.45, 2.75) is 56.3 Å². The SMILES string of the molecule is NC(N)=NCCCC(N)C(=O)NC(Cc1ccc(O)cc1)C(=O)N1CCCC1C(=O)NC(CS)C(=O)O. The average molecular weight is 538 g/mol. The Hall–Kier alpha value is -3.52. The van der Waals surface area contributed by atoms with E-state index in [2.05, 4.69) is 28.3 Å². The monoisotopic (exact) mass is 537 g/mol. The predicted molar refractivity (Wildman–Crippen MR) is 140 cm³/mol. The molecule has 1 heterocycles. The first-order valence-corrected chi connectivity index (χ1v) is 12.5. The molecule has 1 fully saturated rings. The summed E-state index contributed by atoms with van der Waals surface area (Å²) in [5.41, 5.74) is 17.3. The number of nitrogens with one attached hydrogen (secondary N) is 2. The summed E-state index contributed by atoms with van der Waals surface area (Å²) in [7, 11) is 0. The highest BCUT2D eigenvalue weighted by molar-refractivity contribution is 7.80. The van der Waals surface area contributed by atoms with Gasteiger partial charge in [-0.05, 0) is 43.4 Å². The Kier molecular flexibility index (Phi) is 11.5. The van der Waals surface area contributed by atoms with Gasteiger partial charge in [0.15, 0.2) is 5.96 Å². The van der Waals surface area contributed by atoms with Crippen LogP contribution in [0.3, 0.4) is 0 Å². The zero-order chi connectivity index (χ0) is 27.5. The van der Waals surface area contributed by atoms with Gasteiger partial charge in [-0.2, -0.15) is 12.6 Å². The summed E-state index contributed by atoms with van der Waals surface area (Å²) in [5, 5.41) is 23.9. The van der Waals surface area contributed by atoms with Gasteiger partial charge >= 0.3 is 5.97 Å². The van der Waals surface area contributed by atoms with Crippen molar-refractivity contribution in [3.05, 3.63) is 29.8 Å². The summed E-state index contributed by atoms with van der Waals surface area (Å²) >= 11 is 3.95. The summed E-state index contributed by atoms with van der Waals surface area (Å²) in [6, 6.07) is 2.11. The molecule has 1 aromatic rings. The number of hydrogen-bond donors (Lipinski definition) is 8. The number of nitrogens with two attached hydrogens (primary N) is 3. The van der Waals surface area contributed by atoms with E-state index in [1.165, 1.54) is 17.0 Å². The number of nitrogens with zero attached hydrogens (tertiary/aromatic N) is 2. The number of guanidine groups is 1. The summed E-state index contributed by atoms with van der Waals surface area (Å²) in [5.74, 6) is -3.00. The molecular weight excluding hydrogens is 502 g/mol. The molecular formula is C23H35N7O6S. The lowest BCUT2D eigenvalue weighted by atomic mass is 10.0. The number of carbonyl (C=O) groups is 4. The van der Waals surface area contributed by atoms with E-state index in [9.17, 15) is 29.4 Å². The highest BCUT2D eigenvalue weighted by Crippen LogP contribution is 2.21. The number of hydrogen-bond acceptors (Lipinski definition) is 8. The molecule has 1 aromatic carbocycles. The number of aromatic hydroxyl groups is 1. The predicted octanol–water partition coefficient (Wildman–Crippen LogP) is -1.71. The maximum absolute atomic E-state index is 13.6. The Morgan fingerprint density at radius 2 is 1.81 bits per heavy atom. The van der Waals surface area contributed by atoms with Crippen molar-refractivity contribution < 1.29 is 29.4 Å². The first-order valence-electron chi connectivity index (χ1n) is 11.9.